The number of hydrogen-bond acceptors (Lipinski definition) is 4. The van der Waals surface area contributed by atoms with Crippen LogP contribution in [0.1, 0.15) is 20.8 Å². The van der Waals surface area contributed by atoms with Gasteiger partial charge < -0.3 is 20.7 Å². The van der Waals surface area contributed by atoms with E-state index in [1.54, 1.807) is 0 Å². The van der Waals surface area contributed by atoms with Crippen LogP contribution in [0.15, 0.2) is 35.3 Å². The number of carbonyl (C=O) groups excluding carboxylic acids is 1. The smallest absolute Gasteiger partial charge is 0.246 e. The molecule has 28 heavy (non-hydrogen) atoms. The predicted octanol–water partition coefficient (Wildman–Crippen LogP) is 2.15. The molecule has 1 atom stereocenters. The number of para-hydroxylation sites is 1. The van der Waals surface area contributed by atoms with E-state index in [4.69, 9.17) is 4.74 Å². The van der Waals surface area contributed by atoms with Gasteiger partial charge in [-0.05, 0) is 25.0 Å². The molecule has 0 radical (unpaired) electrons. The first kappa shape index (κ1) is 24.6. The van der Waals surface area contributed by atoms with Crippen molar-refractivity contribution in [2.45, 2.75) is 26.9 Å². The third-order valence-corrected chi connectivity index (χ3v) is 4.13. The maximum Gasteiger partial charge on any atom is 0.246 e. The van der Waals surface area contributed by atoms with Crippen molar-refractivity contribution < 1.29 is 9.53 Å². The first-order valence-electron chi connectivity index (χ1n) is 9.77. The van der Waals surface area contributed by atoms with Crippen LogP contribution < -0.4 is 16.0 Å². The predicted molar refractivity (Wildman–Crippen MR) is 125 cm³/mol. The molecule has 0 aliphatic carbocycles. The van der Waals surface area contributed by atoms with E-state index in [9.17, 15) is 4.79 Å². The van der Waals surface area contributed by atoms with E-state index in [-0.39, 0.29) is 42.5 Å². The number of aliphatic imine (C=N–C) groups is 1. The van der Waals surface area contributed by atoms with Gasteiger partial charge in [0.1, 0.15) is 6.54 Å². The number of anilines is 1. The van der Waals surface area contributed by atoms with Crippen molar-refractivity contribution in [2.24, 2.45) is 10.9 Å². The molecule has 1 aromatic carbocycles. The maximum atomic E-state index is 12.1. The zero-order valence-corrected chi connectivity index (χ0v) is 19.4. The Morgan fingerprint density at radius 1 is 1.29 bits per heavy atom. The van der Waals surface area contributed by atoms with Gasteiger partial charge in [-0.25, -0.2) is 4.99 Å². The van der Waals surface area contributed by atoms with Gasteiger partial charge in [-0.3, -0.25) is 9.69 Å². The van der Waals surface area contributed by atoms with Crippen molar-refractivity contribution in [3.8, 4) is 0 Å². The van der Waals surface area contributed by atoms with Gasteiger partial charge in [-0.1, -0.05) is 32.0 Å². The average molecular weight is 503 g/mol. The SMILES string of the molecule is CCNC(=NCC(=O)Nc1ccccc1)NCC1CN(CC(C)C)CCO1.I. The van der Waals surface area contributed by atoms with Crippen molar-refractivity contribution in [3.05, 3.63) is 30.3 Å². The van der Waals surface area contributed by atoms with Crippen LogP contribution in [0.2, 0.25) is 0 Å². The Labute approximate surface area is 185 Å². The second kappa shape index (κ2) is 13.7. The lowest BCUT2D eigenvalue weighted by Gasteiger charge is -2.34. The fourth-order valence-corrected chi connectivity index (χ4v) is 3.01. The summed E-state index contributed by atoms with van der Waals surface area (Å²) in [5.41, 5.74) is 0.775. The minimum atomic E-state index is -0.143. The molecule has 1 heterocycles. The summed E-state index contributed by atoms with van der Waals surface area (Å²) in [6, 6.07) is 9.40. The maximum absolute atomic E-state index is 12.1. The average Bonchev–Trinajstić information content (AvgIpc) is 2.64. The third kappa shape index (κ3) is 9.70. The van der Waals surface area contributed by atoms with E-state index in [0.29, 0.717) is 18.4 Å². The molecule has 1 aliphatic rings. The molecule has 158 valence electrons. The number of rotatable bonds is 8. The Balaban J connectivity index is 0.00000392. The van der Waals surface area contributed by atoms with Crippen molar-refractivity contribution in [2.75, 3.05) is 51.2 Å². The largest absolute Gasteiger partial charge is 0.374 e. The molecular weight excluding hydrogens is 469 g/mol. The molecule has 8 heteroatoms. The third-order valence-electron chi connectivity index (χ3n) is 4.13. The minimum Gasteiger partial charge on any atom is -0.374 e. The first-order chi connectivity index (χ1) is 13.1. The number of ether oxygens (including phenoxy) is 1. The van der Waals surface area contributed by atoms with Crippen molar-refractivity contribution in [1.82, 2.24) is 15.5 Å². The summed E-state index contributed by atoms with van der Waals surface area (Å²) in [6.45, 7) is 11.7. The van der Waals surface area contributed by atoms with Gasteiger partial charge in [0.15, 0.2) is 5.96 Å². The van der Waals surface area contributed by atoms with Crippen LogP contribution in [0.4, 0.5) is 5.69 Å². The van der Waals surface area contributed by atoms with Crippen LogP contribution >= 0.6 is 24.0 Å². The number of benzene rings is 1. The lowest BCUT2D eigenvalue weighted by molar-refractivity contribution is -0.114. The second-order valence-corrected chi connectivity index (χ2v) is 7.14. The highest BCUT2D eigenvalue weighted by Gasteiger charge is 2.21. The van der Waals surface area contributed by atoms with Gasteiger partial charge in [0.2, 0.25) is 5.91 Å². The summed E-state index contributed by atoms with van der Waals surface area (Å²) in [7, 11) is 0. The molecule has 0 aromatic heterocycles. The van der Waals surface area contributed by atoms with E-state index in [1.807, 2.05) is 37.3 Å². The van der Waals surface area contributed by atoms with Gasteiger partial charge in [0.05, 0.1) is 12.7 Å². The van der Waals surface area contributed by atoms with E-state index >= 15 is 0 Å². The lowest BCUT2D eigenvalue weighted by atomic mass is 10.2. The zero-order valence-electron chi connectivity index (χ0n) is 17.1. The van der Waals surface area contributed by atoms with Crippen molar-refractivity contribution in [3.63, 3.8) is 0 Å². The molecule has 0 saturated carbocycles. The molecule has 1 aliphatic heterocycles. The lowest BCUT2D eigenvalue weighted by Crippen LogP contribution is -2.50. The first-order valence-corrected chi connectivity index (χ1v) is 9.77. The molecular formula is C20H34IN5O2. The Bertz CT molecular complexity index is 598. The van der Waals surface area contributed by atoms with Gasteiger partial charge >= 0.3 is 0 Å². The highest BCUT2D eigenvalue weighted by Crippen LogP contribution is 2.07. The van der Waals surface area contributed by atoms with Crippen LogP contribution in [0.25, 0.3) is 0 Å². The quantitative estimate of drug-likeness (QED) is 0.288. The van der Waals surface area contributed by atoms with Gasteiger partial charge in [-0.2, -0.15) is 0 Å². The molecule has 2 rings (SSSR count). The molecule has 1 amide bonds. The monoisotopic (exact) mass is 503 g/mol. The van der Waals surface area contributed by atoms with Crippen molar-refractivity contribution >= 4 is 41.5 Å². The summed E-state index contributed by atoms with van der Waals surface area (Å²) in [6.07, 6.45) is 0.125. The number of amides is 1. The molecule has 7 nitrogen and oxygen atoms in total. The van der Waals surface area contributed by atoms with E-state index in [1.165, 1.54) is 0 Å². The highest BCUT2D eigenvalue weighted by atomic mass is 127. The van der Waals surface area contributed by atoms with Crippen LogP contribution in [-0.2, 0) is 9.53 Å². The molecule has 1 aromatic rings. The normalized spacial score (nSPS) is 17.7. The number of halogens is 1. The summed E-state index contributed by atoms with van der Waals surface area (Å²) in [5, 5.41) is 9.30. The fourth-order valence-electron chi connectivity index (χ4n) is 3.01. The van der Waals surface area contributed by atoms with Gasteiger partial charge in [0, 0.05) is 38.4 Å². The number of guanidine groups is 1. The van der Waals surface area contributed by atoms with Crippen LogP contribution in [0.5, 0.6) is 0 Å². The summed E-state index contributed by atoms with van der Waals surface area (Å²) < 4.78 is 5.86. The summed E-state index contributed by atoms with van der Waals surface area (Å²) >= 11 is 0. The Morgan fingerprint density at radius 3 is 2.71 bits per heavy atom. The number of carbonyl (C=O) groups is 1. The van der Waals surface area contributed by atoms with Crippen molar-refractivity contribution in [1.29, 1.82) is 0 Å². The van der Waals surface area contributed by atoms with Crippen LogP contribution in [0, 0.1) is 5.92 Å². The molecule has 1 unspecified atom stereocenters. The molecule has 0 spiro atoms. The Morgan fingerprint density at radius 2 is 2.04 bits per heavy atom. The summed E-state index contributed by atoms with van der Waals surface area (Å²) in [4.78, 5) is 18.9. The minimum absolute atomic E-state index is 0. The highest BCUT2D eigenvalue weighted by molar-refractivity contribution is 14.0. The molecule has 0 bridgehead atoms. The molecule has 3 N–H and O–H groups in total. The second-order valence-electron chi connectivity index (χ2n) is 7.14. The van der Waals surface area contributed by atoms with E-state index in [0.717, 1.165) is 38.5 Å². The van der Waals surface area contributed by atoms with Gasteiger partial charge in [0.25, 0.3) is 0 Å². The standard InChI is InChI=1S/C20H33N5O2.HI/c1-4-21-20(23-13-19(26)24-17-8-6-5-7-9-17)22-12-18-15-25(10-11-27-18)14-16(2)3;/h5-9,16,18H,4,10-15H2,1-3H3,(H,24,26)(H2,21,22,23);1H. The molecule has 1 saturated heterocycles. The Hall–Kier alpha value is -1.39. The molecule has 1 fully saturated rings. The van der Waals surface area contributed by atoms with E-state index < -0.39 is 0 Å². The topological polar surface area (TPSA) is 78.0 Å². The van der Waals surface area contributed by atoms with Crippen LogP contribution in [0.3, 0.4) is 0 Å². The number of hydrogen-bond donors (Lipinski definition) is 3. The van der Waals surface area contributed by atoms with Crippen LogP contribution in [-0.4, -0.2) is 68.7 Å². The summed E-state index contributed by atoms with van der Waals surface area (Å²) in [5.74, 6) is 1.14. The van der Waals surface area contributed by atoms with E-state index in [2.05, 4.69) is 39.7 Å². The number of morpholine rings is 1. The fraction of sp³-hybridized carbons (Fsp3) is 0.600. The Kier molecular flexibility index (Phi) is 12.1. The zero-order chi connectivity index (χ0) is 19.5. The number of nitrogens with one attached hydrogen (secondary N) is 3. The number of nitrogens with zero attached hydrogens (tertiary/aromatic N) is 2. The van der Waals surface area contributed by atoms with Gasteiger partial charge in [-0.15, -0.1) is 24.0 Å².